The highest BCUT2D eigenvalue weighted by Crippen LogP contribution is 2.36. The van der Waals surface area contributed by atoms with Crippen molar-refractivity contribution in [2.24, 2.45) is 5.92 Å². The number of unbranched alkanes of at least 4 members (excludes halogenated alkanes) is 8. The van der Waals surface area contributed by atoms with Crippen molar-refractivity contribution < 1.29 is 17.9 Å². The Bertz CT molecular complexity index is 1290. The molecule has 226 valence electrons. The SMILES string of the molecule is CCCCCCCOc1ccc(-c2ccc(-c3ccc(C4=CCC(CCCCCCC)CC4)c(F)c3)cc2)c(F)c1F. The van der Waals surface area contributed by atoms with Crippen LogP contribution in [0.15, 0.2) is 60.7 Å². The summed E-state index contributed by atoms with van der Waals surface area (Å²) in [5.41, 5.74) is 4.13. The zero-order valence-corrected chi connectivity index (χ0v) is 25.5. The molecule has 4 heteroatoms. The van der Waals surface area contributed by atoms with Crippen molar-refractivity contribution in [1.29, 1.82) is 0 Å². The van der Waals surface area contributed by atoms with Gasteiger partial charge in [-0.3, -0.25) is 0 Å². The Kier molecular flexibility index (Phi) is 12.6. The van der Waals surface area contributed by atoms with Crippen LogP contribution in [0.1, 0.15) is 109 Å². The maximum Gasteiger partial charge on any atom is 0.201 e. The van der Waals surface area contributed by atoms with Crippen molar-refractivity contribution in [2.75, 3.05) is 6.61 Å². The summed E-state index contributed by atoms with van der Waals surface area (Å²) in [6.07, 6.45) is 18.5. The number of ether oxygens (including phenoxy) is 1. The van der Waals surface area contributed by atoms with E-state index in [2.05, 4.69) is 19.9 Å². The fraction of sp³-hybridized carbons (Fsp3) is 0.474. The first kappa shape index (κ1) is 31.9. The minimum absolute atomic E-state index is 0.0510. The first-order chi connectivity index (χ1) is 20.5. The molecule has 0 heterocycles. The van der Waals surface area contributed by atoms with Crippen LogP contribution in [0.25, 0.3) is 27.8 Å². The quantitative estimate of drug-likeness (QED) is 0.154. The number of allylic oxidation sites excluding steroid dienone is 2. The van der Waals surface area contributed by atoms with Crippen LogP contribution in [0, 0.1) is 23.4 Å². The van der Waals surface area contributed by atoms with E-state index in [-0.39, 0.29) is 17.1 Å². The predicted octanol–water partition coefficient (Wildman–Crippen LogP) is 12.3. The van der Waals surface area contributed by atoms with E-state index < -0.39 is 11.6 Å². The lowest BCUT2D eigenvalue weighted by molar-refractivity contribution is 0.285. The Balaban J connectivity index is 1.35. The van der Waals surface area contributed by atoms with Gasteiger partial charge in [-0.05, 0) is 72.1 Å². The second-order valence-electron chi connectivity index (χ2n) is 11.8. The molecule has 0 N–H and O–H groups in total. The van der Waals surface area contributed by atoms with Crippen molar-refractivity contribution in [2.45, 2.75) is 104 Å². The highest BCUT2D eigenvalue weighted by atomic mass is 19.2. The van der Waals surface area contributed by atoms with Gasteiger partial charge in [0.25, 0.3) is 0 Å². The number of halogens is 3. The van der Waals surface area contributed by atoms with Gasteiger partial charge in [0.2, 0.25) is 5.82 Å². The van der Waals surface area contributed by atoms with Gasteiger partial charge in [-0.15, -0.1) is 0 Å². The second kappa shape index (κ2) is 16.6. The number of benzene rings is 3. The summed E-state index contributed by atoms with van der Waals surface area (Å²) in [5.74, 6) is -1.42. The molecule has 3 aromatic rings. The number of hydrogen-bond donors (Lipinski definition) is 0. The maximum absolute atomic E-state index is 15.2. The van der Waals surface area contributed by atoms with Gasteiger partial charge in [0.15, 0.2) is 11.6 Å². The van der Waals surface area contributed by atoms with Crippen molar-refractivity contribution in [1.82, 2.24) is 0 Å². The predicted molar refractivity (Wildman–Crippen MR) is 170 cm³/mol. The molecule has 0 spiro atoms. The molecule has 1 aliphatic rings. The first-order valence-electron chi connectivity index (χ1n) is 16.2. The summed E-state index contributed by atoms with van der Waals surface area (Å²) in [6, 6.07) is 15.6. The highest BCUT2D eigenvalue weighted by molar-refractivity contribution is 5.74. The summed E-state index contributed by atoms with van der Waals surface area (Å²) in [7, 11) is 0. The highest BCUT2D eigenvalue weighted by Gasteiger charge is 2.19. The zero-order chi connectivity index (χ0) is 29.7. The van der Waals surface area contributed by atoms with Crippen molar-refractivity contribution >= 4 is 5.57 Å². The molecule has 42 heavy (non-hydrogen) atoms. The van der Waals surface area contributed by atoms with Crippen molar-refractivity contribution in [3.05, 3.63) is 83.7 Å². The maximum atomic E-state index is 15.2. The van der Waals surface area contributed by atoms with Crippen molar-refractivity contribution in [3.63, 3.8) is 0 Å². The summed E-state index contributed by atoms with van der Waals surface area (Å²) in [6.45, 7) is 4.77. The lowest BCUT2D eigenvalue weighted by atomic mass is 9.83. The van der Waals surface area contributed by atoms with Crippen LogP contribution < -0.4 is 4.74 Å². The lowest BCUT2D eigenvalue weighted by Crippen LogP contribution is -2.06. The monoisotopic (exact) mass is 576 g/mol. The van der Waals surface area contributed by atoms with Gasteiger partial charge >= 0.3 is 0 Å². The normalized spacial score (nSPS) is 15.1. The van der Waals surface area contributed by atoms with Crippen molar-refractivity contribution in [3.8, 4) is 28.0 Å². The molecule has 0 aliphatic heterocycles. The van der Waals surface area contributed by atoms with Crippen LogP contribution in [0.2, 0.25) is 0 Å². The summed E-state index contributed by atoms with van der Waals surface area (Å²) >= 11 is 0. The molecular formula is C38H47F3O. The Morgan fingerprint density at radius 1 is 0.667 bits per heavy atom. The second-order valence-corrected chi connectivity index (χ2v) is 11.8. The van der Waals surface area contributed by atoms with E-state index >= 15 is 4.39 Å². The standard InChI is InChI=1S/C38H47F3O/c1-3-5-7-9-11-13-28-14-16-30(17-15-28)33-23-22-32(27-35(33)39)29-18-20-31(21-19-29)34-24-25-36(38(41)37(34)40)42-26-12-10-8-6-4-2/h16,18-25,27-28H,3-15,17,26H2,1-2H3. The van der Waals surface area contributed by atoms with Gasteiger partial charge in [0, 0.05) is 11.1 Å². The van der Waals surface area contributed by atoms with E-state index in [4.69, 9.17) is 4.74 Å². The molecule has 0 aromatic heterocycles. The smallest absolute Gasteiger partial charge is 0.201 e. The molecule has 1 nitrogen and oxygen atoms in total. The van der Waals surface area contributed by atoms with E-state index in [1.807, 2.05) is 24.3 Å². The van der Waals surface area contributed by atoms with Gasteiger partial charge in [0.05, 0.1) is 6.61 Å². The van der Waals surface area contributed by atoms with E-state index in [1.165, 1.54) is 51.0 Å². The largest absolute Gasteiger partial charge is 0.490 e. The Labute approximate surface area is 251 Å². The fourth-order valence-electron chi connectivity index (χ4n) is 5.98. The minimum atomic E-state index is -0.960. The molecule has 0 radical (unpaired) electrons. The molecule has 4 rings (SSSR count). The molecule has 0 amide bonds. The minimum Gasteiger partial charge on any atom is -0.490 e. The lowest BCUT2D eigenvalue weighted by Gasteiger charge is -2.22. The van der Waals surface area contributed by atoms with E-state index in [9.17, 15) is 8.78 Å². The summed E-state index contributed by atoms with van der Waals surface area (Å²) in [4.78, 5) is 0. The zero-order valence-electron chi connectivity index (χ0n) is 25.5. The third-order valence-electron chi connectivity index (χ3n) is 8.63. The van der Waals surface area contributed by atoms with E-state index in [0.29, 0.717) is 17.7 Å². The number of hydrogen-bond acceptors (Lipinski definition) is 1. The first-order valence-corrected chi connectivity index (χ1v) is 16.2. The molecule has 1 atom stereocenters. The Morgan fingerprint density at radius 2 is 1.31 bits per heavy atom. The van der Waals surface area contributed by atoms with Crippen LogP contribution in [-0.4, -0.2) is 6.61 Å². The van der Waals surface area contributed by atoms with Crippen LogP contribution in [0.5, 0.6) is 5.75 Å². The van der Waals surface area contributed by atoms with Gasteiger partial charge < -0.3 is 4.74 Å². The topological polar surface area (TPSA) is 9.23 Å². The average molecular weight is 577 g/mol. The van der Waals surface area contributed by atoms with E-state index in [1.54, 1.807) is 24.3 Å². The van der Waals surface area contributed by atoms with E-state index in [0.717, 1.165) is 67.6 Å². The molecule has 0 saturated carbocycles. The van der Waals surface area contributed by atoms with Crippen LogP contribution in [-0.2, 0) is 0 Å². The molecule has 0 saturated heterocycles. The molecule has 3 aromatic carbocycles. The van der Waals surface area contributed by atoms with Crippen LogP contribution >= 0.6 is 0 Å². The molecule has 0 fully saturated rings. The molecule has 0 bridgehead atoms. The molecule has 1 aliphatic carbocycles. The fourth-order valence-corrected chi connectivity index (χ4v) is 5.98. The average Bonchev–Trinajstić information content (AvgIpc) is 3.01. The Morgan fingerprint density at radius 3 is 1.98 bits per heavy atom. The Hall–Kier alpha value is -3.01. The van der Waals surface area contributed by atoms with Gasteiger partial charge in [-0.25, -0.2) is 8.78 Å². The molecule has 1 unspecified atom stereocenters. The van der Waals surface area contributed by atoms with Gasteiger partial charge in [-0.1, -0.05) is 121 Å². The third-order valence-corrected chi connectivity index (χ3v) is 8.63. The van der Waals surface area contributed by atoms with Gasteiger partial charge in [0.1, 0.15) is 5.82 Å². The third kappa shape index (κ3) is 8.75. The number of rotatable bonds is 16. The van der Waals surface area contributed by atoms with Gasteiger partial charge in [-0.2, -0.15) is 4.39 Å². The van der Waals surface area contributed by atoms with Crippen LogP contribution in [0.3, 0.4) is 0 Å². The summed E-state index contributed by atoms with van der Waals surface area (Å²) in [5, 5.41) is 0. The van der Waals surface area contributed by atoms with Crippen LogP contribution in [0.4, 0.5) is 13.2 Å². The molecular weight excluding hydrogens is 529 g/mol. The summed E-state index contributed by atoms with van der Waals surface area (Å²) < 4.78 is 50.4.